The van der Waals surface area contributed by atoms with Crippen molar-refractivity contribution < 1.29 is 14.4 Å². The lowest BCUT2D eigenvalue weighted by atomic mass is 9.99. The van der Waals surface area contributed by atoms with Crippen molar-refractivity contribution in [3.63, 3.8) is 0 Å². The molecular formula is C9H13NO3. The molecule has 4 heteroatoms. The van der Waals surface area contributed by atoms with Crippen LogP contribution in [0.15, 0.2) is 12.2 Å². The largest absolute Gasteiger partial charge is 0.448 e. The highest BCUT2D eigenvalue weighted by Gasteiger charge is 2.35. The quantitative estimate of drug-likeness (QED) is 0.578. The van der Waals surface area contributed by atoms with Crippen LogP contribution < -0.4 is 0 Å². The first-order valence-electron chi connectivity index (χ1n) is 4.62. The van der Waals surface area contributed by atoms with Crippen LogP contribution in [0, 0.1) is 0 Å². The zero-order chi connectivity index (χ0) is 9.26. The van der Waals surface area contributed by atoms with Crippen molar-refractivity contribution in [2.45, 2.75) is 31.9 Å². The van der Waals surface area contributed by atoms with E-state index in [-0.39, 0.29) is 18.2 Å². The Morgan fingerprint density at radius 2 is 2.46 bits per heavy atom. The van der Waals surface area contributed by atoms with E-state index in [1.54, 1.807) is 6.92 Å². The number of fused-ring (bicyclic) bond motifs is 2. The fourth-order valence-electron chi connectivity index (χ4n) is 1.65. The number of carbonyl (C=O) groups is 1. The van der Waals surface area contributed by atoms with Crippen molar-refractivity contribution in [2.24, 2.45) is 0 Å². The molecule has 2 bridgehead atoms. The number of amides is 1. The second-order valence-electron chi connectivity index (χ2n) is 3.20. The Hall–Kier alpha value is -1.03. The van der Waals surface area contributed by atoms with Crippen LogP contribution in [0.4, 0.5) is 4.79 Å². The van der Waals surface area contributed by atoms with Crippen molar-refractivity contribution in [3.05, 3.63) is 12.2 Å². The van der Waals surface area contributed by atoms with E-state index in [0.29, 0.717) is 6.61 Å². The number of hydroxylamine groups is 2. The van der Waals surface area contributed by atoms with Gasteiger partial charge in [-0.1, -0.05) is 12.2 Å². The van der Waals surface area contributed by atoms with Gasteiger partial charge in [0.2, 0.25) is 0 Å². The third kappa shape index (κ3) is 1.54. The van der Waals surface area contributed by atoms with Crippen LogP contribution in [0.25, 0.3) is 0 Å². The molecule has 1 aliphatic carbocycles. The molecule has 72 valence electrons. The van der Waals surface area contributed by atoms with Gasteiger partial charge in [-0.05, 0) is 19.8 Å². The third-order valence-corrected chi connectivity index (χ3v) is 2.29. The van der Waals surface area contributed by atoms with Crippen molar-refractivity contribution in [1.29, 1.82) is 0 Å². The molecule has 0 aromatic rings. The molecular weight excluding hydrogens is 170 g/mol. The maximum atomic E-state index is 11.3. The first kappa shape index (κ1) is 8.56. The molecule has 3 rings (SSSR count). The average Bonchev–Trinajstić information content (AvgIpc) is 2.20. The Bertz CT molecular complexity index is 239. The molecule has 13 heavy (non-hydrogen) atoms. The maximum absolute atomic E-state index is 11.3. The van der Waals surface area contributed by atoms with Gasteiger partial charge in [0.15, 0.2) is 0 Å². The van der Waals surface area contributed by atoms with Crippen LogP contribution in [-0.4, -0.2) is 29.9 Å². The van der Waals surface area contributed by atoms with Gasteiger partial charge in [0, 0.05) is 0 Å². The highest BCUT2D eigenvalue weighted by atomic mass is 16.7. The van der Waals surface area contributed by atoms with E-state index in [1.807, 2.05) is 12.2 Å². The summed E-state index contributed by atoms with van der Waals surface area (Å²) in [5.41, 5.74) is 0. The molecule has 1 amide bonds. The van der Waals surface area contributed by atoms with Crippen molar-refractivity contribution in [3.8, 4) is 0 Å². The summed E-state index contributed by atoms with van der Waals surface area (Å²) in [4.78, 5) is 16.7. The second kappa shape index (κ2) is 3.38. The molecule has 4 nitrogen and oxygen atoms in total. The van der Waals surface area contributed by atoms with E-state index >= 15 is 0 Å². The third-order valence-electron chi connectivity index (χ3n) is 2.29. The van der Waals surface area contributed by atoms with Gasteiger partial charge in [-0.2, -0.15) is 5.06 Å². The Labute approximate surface area is 77.1 Å². The SMILES string of the molecule is CCOC(=O)N1O[C@H]2C=C[C@H]1CC2. The van der Waals surface area contributed by atoms with Gasteiger partial charge in [0.1, 0.15) is 6.10 Å². The fourth-order valence-corrected chi connectivity index (χ4v) is 1.65. The summed E-state index contributed by atoms with van der Waals surface area (Å²) in [6.07, 6.45) is 5.67. The summed E-state index contributed by atoms with van der Waals surface area (Å²) in [5, 5.41) is 1.34. The van der Waals surface area contributed by atoms with E-state index in [4.69, 9.17) is 9.57 Å². The average molecular weight is 183 g/mol. The zero-order valence-corrected chi connectivity index (χ0v) is 7.60. The predicted octanol–water partition coefficient (Wildman–Crippen LogP) is 1.48. The lowest BCUT2D eigenvalue weighted by molar-refractivity contribution is -0.208. The van der Waals surface area contributed by atoms with Gasteiger partial charge in [0.05, 0.1) is 12.6 Å². The van der Waals surface area contributed by atoms with Gasteiger partial charge in [-0.15, -0.1) is 0 Å². The Morgan fingerprint density at radius 3 is 2.92 bits per heavy atom. The molecule has 0 saturated carbocycles. The minimum Gasteiger partial charge on any atom is -0.448 e. The number of ether oxygens (including phenoxy) is 1. The summed E-state index contributed by atoms with van der Waals surface area (Å²) in [5.74, 6) is 0. The minimum absolute atomic E-state index is 0.0643. The van der Waals surface area contributed by atoms with Crippen molar-refractivity contribution >= 4 is 6.09 Å². The molecule has 2 aliphatic heterocycles. The summed E-state index contributed by atoms with van der Waals surface area (Å²) < 4.78 is 4.86. The van der Waals surface area contributed by atoms with Gasteiger partial charge in [-0.3, -0.25) is 4.84 Å². The van der Waals surface area contributed by atoms with E-state index in [1.165, 1.54) is 5.06 Å². The molecule has 0 N–H and O–H groups in total. The fraction of sp³-hybridized carbons (Fsp3) is 0.667. The van der Waals surface area contributed by atoms with Gasteiger partial charge in [0.25, 0.3) is 0 Å². The van der Waals surface area contributed by atoms with E-state index < -0.39 is 0 Å². The maximum Gasteiger partial charge on any atom is 0.434 e. The normalized spacial score (nSPS) is 30.7. The summed E-state index contributed by atoms with van der Waals surface area (Å²) in [7, 11) is 0. The van der Waals surface area contributed by atoms with Crippen LogP contribution in [0.2, 0.25) is 0 Å². The second-order valence-corrected chi connectivity index (χ2v) is 3.20. The smallest absolute Gasteiger partial charge is 0.434 e. The number of carbonyl (C=O) groups excluding carboxylic acids is 1. The van der Waals surface area contributed by atoms with Gasteiger partial charge < -0.3 is 4.74 Å². The monoisotopic (exact) mass is 183 g/mol. The summed E-state index contributed by atoms with van der Waals surface area (Å²) in [6.45, 7) is 2.18. The number of hydrogen-bond acceptors (Lipinski definition) is 3. The lowest BCUT2D eigenvalue weighted by Crippen LogP contribution is -2.48. The van der Waals surface area contributed by atoms with E-state index in [2.05, 4.69) is 0 Å². The topological polar surface area (TPSA) is 38.8 Å². The Morgan fingerprint density at radius 1 is 1.62 bits per heavy atom. The first-order valence-corrected chi connectivity index (χ1v) is 4.62. The minimum atomic E-state index is -0.374. The molecule has 0 aromatic carbocycles. The number of rotatable bonds is 1. The molecule has 1 fully saturated rings. The van der Waals surface area contributed by atoms with E-state index in [9.17, 15) is 4.79 Å². The summed E-state index contributed by atoms with van der Waals surface area (Å²) >= 11 is 0. The number of hydrogen-bond donors (Lipinski definition) is 0. The van der Waals surface area contributed by atoms with Gasteiger partial charge >= 0.3 is 6.09 Å². The number of nitrogens with zero attached hydrogens (tertiary/aromatic N) is 1. The van der Waals surface area contributed by atoms with Crippen molar-refractivity contribution in [2.75, 3.05) is 6.61 Å². The molecule has 2 atom stereocenters. The van der Waals surface area contributed by atoms with Crippen LogP contribution >= 0.6 is 0 Å². The molecule has 3 aliphatic rings. The standard InChI is InChI=1S/C9H13NO3/c1-2-12-9(11)10-7-3-5-8(13-10)6-4-7/h3,5,7-8H,2,4,6H2,1H3/t7-,8-/m0/s1. The Kier molecular flexibility index (Phi) is 2.22. The van der Waals surface area contributed by atoms with Crippen LogP contribution in [0.5, 0.6) is 0 Å². The zero-order valence-electron chi connectivity index (χ0n) is 7.60. The van der Waals surface area contributed by atoms with Crippen LogP contribution in [0.3, 0.4) is 0 Å². The molecule has 0 spiro atoms. The molecule has 1 saturated heterocycles. The van der Waals surface area contributed by atoms with Crippen LogP contribution in [-0.2, 0) is 9.57 Å². The molecule has 0 aromatic heterocycles. The predicted molar refractivity (Wildman–Crippen MR) is 45.9 cm³/mol. The van der Waals surface area contributed by atoms with Crippen molar-refractivity contribution in [1.82, 2.24) is 5.06 Å². The van der Waals surface area contributed by atoms with Crippen LogP contribution in [0.1, 0.15) is 19.8 Å². The summed E-state index contributed by atoms with van der Waals surface area (Å²) in [6, 6.07) is 0.0732. The highest BCUT2D eigenvalue weighted by Crippen LogP contribution is 2.27. The Balaban J connectivity index is 2.02. The lowest BCUT2D eigenvalue weighted by Gasteiger charge is -2.39. The molecule has 0 radical (unpaired) electrons. The van der Waals surface area contributed by atoms with Gasteiger partial charge in [-0.25, -0.2) is 4.79 Å². The molecule has 2 heterocycles. The van der Waals surface area contributed by atoms with E-state index in [0.717, 1.165) is 12.8 Å². The first-order chi connectivity index (χ1) is 6.31. The highest BCUT2D eigenvalue weighted by molar-refractivity contribution is 5.67. The molecule has 0 unspecified atom stereocenters.